The molecule has 0 radical (unpaired) electrons. The van der Waals surface area contributed by atoms with Crippen molar-refractivity contribution in [1.82, 2.24) is 5.32 Å². The normalized spacial score (nSPS) is 16.3. The molecular weight excluding hydrogens is 271 g/mol. The Morgan fingerprint density at radius 1 is 1.28 bits per heavy atom. The molecule has 1 aliphatic carbocycles. The SMILES string of the molecule is Fc1ccc(NC(=S)NC2CCCCC2)cc1Cl. The zero-order chi connectivity index (χ0) is 13.0. The third-order valence-electron chi connectivity index (χ3n) is 3.12. The molecule has 0 bridgehead atoms. The number of hydrogen-bond acceptors (Lipinski definition) is 1. The summed E-state index contributed by atoms with van der Waals surface area (Å²) in [6.45, 7) is 0. The molecule has 0 aromatic heterocycles. The van der Waals surface area contributed by atoms with E-state index >= 15 is 0 Å². The van der Waals surface area contributed by atoms with Gasteiger partial charge in [-0.3, -0.25) is 0 Å². The van der Waals surface area contributed by atoms with Crippen LogP contribution in [0.25, 0.3) is 0 Å². The zero-order valence-corrected chi connectivity index (χ0v) is 11.6. The number of anilines is 1. The largest absolute Gasteiger partial charge is 0.360 e. The average molecular weight is 287 g/mol. The highest BCUT2D eigenvalue weighted by Crippen LogP contribution is 2.20. The molecule has 0 unspecified atom stereocenters. The fourth-order valence-corrected chi connectivity index (χ4v) is 2.64. The lowest BCUT2D eigenvalue weighted by atomic mass is 9.96. The van der Waals surface area contributed by atoms with Gasteiger partial charge in [0.25, 0.3) is 0 Å². The third kappa shape index (κ3) is 3.82. The summed E-state index contributed by atoms with van der Waals surface area (Å²) < 4.78 is 13.0. The van der Waals surface area contributed by atoms with E-state index in [0.29, 0.717) is 16.8 Å². The number of rotatable bonds is 2. The first-order chi connectivity index (χ1) is 8.65. The van der Waals surface area contributed by atoms with Crippen molar-refractivity contribution in [2.45, 2.75) is 38.1 Å². The fraction of sp³-hybridized carbons (Fsp3) is 0.462. The van der Waals surface area contributed by atoms with Crippen LogP contribution in [0.3, 0.4) is 0 Å². The van der Waals surface area contributed by atoms with Crippen LogP contribution in [0.1, 0.15) is 32.1 Å². The van der Waals surface area contributed by atoms with E-state index in [0.717, 1.165) is 12.8 Å². The van der Waals surface area contributed by atoms with Crippen LogP contribution in [-0.4, -0.2) is 11.2 Å². The molecule has 2 rings (SSSR count). The van der Waals surface area contributed by atoms with Crippen LogP contribution in [0.5, 0.6) is 0 Å². The summed E-state index contributed by atoms with van der Waals surface area (Å²) in [5.41, 5.74) is 0.703. The molecule has 0 saturated heterocycles. The maximum atomic E-state index is 13.0. The topological polar surface area (TPSA) is 24.1 Å². The maximum absolute atomic E-state index is 13.0. The van der Waals surface area contributed by atoms with E-state index in [1.165, 1.54) is 31.4 Å². The summed E-state index contributed by atoms with van der Waals surface area (Å²) in [5.74, 6) is -0.423. The highest BCUT2D eigenvalue weighted by atomic mass is 35.5. The van der Waals surface area contributed by atoms with Crippen LogP contribution in [-0.2, 0) is 0 Å². The van der Waals surface area contributed by atoms with Crippen molar-refractivity contribution < 1.29 is 4.39 Å². The number of thiocarbonyl (C=S) groups is 1. The lowest BCUT2D eigenvalue weighted by molar-refractivity contribution is 0.415. The van der Waals surface area contributed by atoms with Crippen molar-refractivity contribution >= 4 is 34.6 Å². The molecule has 1 aromatic rings. The first-order valence-corrected chi connectivity index (χ1v) is 6.96. The van der Waals surface area contributed by atoms with Gasteiger partial charge in [-0.15, -0.1) is 0 Å². The van der Waals surface area contributed by atoms with Gasteiger partial charge >= 0.3 is 0 Å². The smallest absolute Gasteiger partial charge is 0.170 e. The van der Waals surface area contributed by atoms with Gasteiger partial charge in [-0.1, -0.05) is 30.9 Å². The van der Waals surface area contributed by atoms with E-state index in [2.05, 4.69) is 10.6 Å². The zero-order valence-electron chi connectivity index (χ0n) is 10.0. The van der Waals surface area contributed by atoms with E-state index in [4.69, 9.17) is 23.8 Å². The Labute approximate surface area is 117 Å². The van der Waals surface area contributed by atoms with E-state index in [9.17, 15) is 4.39 Å². The lowest BCUT2D eigenvalue weighted by Crippen LogP contribution is -2.38. The van der Waals surface area contributed by atoms with Crippen LogP contribution in [0.15, 0.2) is 18.2 Å². The van der Waals surface area contributed by atoms with Crippen molar-refractivity contribution in [3.63, 3.8) is 0 Å². The van der Waals surface area contributed by atoms with Gasteiger partial charge in [-0.05, 0) is 43.3 Å². The third-order valence-corrected chi connectivity index (χ3v) is 3.63. The summed E-state index contributed by atoms with van der Waals surface area (Å²) in [7, 11) is 0. The highest BCUT2D eigenvalue weighted by molar-refractivity contribution is 7.80. The minimum absolute atomic E-state index is 0.0977. The Morgan fingerprint density at radius 3 is 2.67 bits per heavy atom. The average Bonchev–Trinajstić information content (AvgIpc) is 2.35. The lowest BCUT2D eigenvalue weighted by Gasteiger charge is -2.24. The second-order valence-corrected chi connectivity index (χ2v) is 5.38. The molecule has 1 fully saturated rings. The molecule has 1 saturated carbocycles. The summed E-state index contributed by atoms with van der Waals surface area (Å²) in [5, 5.41) is 6.98. The first-order valence-electron chi connectivity index (χ1n) is 6.18. The summed E-state index contributed by atoms with van der Waals surface area (Å²) in [6.07, 6.45) is 6.13. The molecule has 98 valence electrons. The minimum Gasteiger partial charge on any atom is -0.360 e. The van der Waals surface area contributed by atoms with Crippen LogP contribution >= 0.6 is 23.8 Å². The Hall–Kier alpha value is -0.870. The molecular formula is C13H16ClFN2S. The molecule has 18 heavy (non-hydrogen) atoms. The second-order valence-electron chi connectivity index (χ2n) is 4.56. The van der Waals surface area contributed by atoms with Crippen LogP contribution in [0.4, 0.5) is 10.1 Å². The molecule has 5 heteroatoms. The number of benzene rings is 1. The van der Waals surface area contributed by atoms with Crippen molar-refractivity contribution in [2.75, 3.05) is 5.32 Å². The Balaban J connectivity index is 1.88. The Kier molecular flexibility index (Phi) is 4.78. The van der Waals surface area contributed by atoms with Crippen molar-refractivity contribution in [2.24, 2.45) is 0 Å². The molecule has 0 heterocycles. The fourth-order valence-electron chi connectivity index (χ4n) is 2.17. The predicted molar refractivity (Wildman–Crippen MR) is 77.6 cm³/mol. The monoisotopic (exact) mass is 286 g/mol. The van der Waals surface area contributed by atoms with Gasteiger partial charge in [0.15, 0.2) is 5.11 Å². The highest BCUT2D eigenvalue weighted by Gasteiger charge is 2.14. The number of hydrogen-bond donors (Lipinski definition) is 2. The molecule has 0 atom stereocenters. The van der Waals surface area contributed by atoms with Crippen LogP contribution in [0.2, 0.25) is 5.02 Å². The van der Waals surface area contributed by atoms with Crippen LogP contribution in [0, 0.1) is 5.82 Å². The van der Waals surface area contributed by atoms with Gasteiger partial charge in [0.05, 0.1) is 5.02 Å². The standard InChI is InChI=1S/C13H16ClFN2S/c14-11-8-10(6-7-12(11)15)17-13(18)16-9-4-2-1-3-5-9/h6-9H,1-5H2,(H2,16,17,18). The molecule has 0 spiro atoms. The van der Waals surface area contributed by atoms with Gasteiger partial charge in [0.2, 0.25) is 0 Å². The molecule has 1 aliphatic rings. The van der Waals surface area contributed by atoms with Crippen LogP contribution < -0.4 is 10.6 Å². The predicted octanol–water partition coefficient (Wildman–Crippen LogP) is 4.10. The summed E-state index contributed by atoms with van der Waals surface area (Å²) in [4.78, 5) is 0. The molecule has 0 amide bonds. The second kappa shape index (κ2) is 6.34. The van der Waals surface area contributed by atoms with Gasteiger partial charge in [-0.25, -0.2) is 4.39 Å². The van der Waals surface area contributed by atoms with Crippen molar-refractivity contribution in [1.29, 1.82) is 0 Å². The molecule has 1 aromatic carbocycles. The van der Waals surface area contributed by atoms with Crippen molar-refractivity contribution in [3.05, 3.63) is 29.0 Å². The summed E-state index contributed by atoms with van der Waals surface area (Å²) >= 11 is 10.9. The Morgan fingerprint density at radius 2 is 2.00 bits per heavy atom. The van der Waals surface area contributed by atoms with Gasteiger partial charge in [0, 0.05) is 11.7 Å². The van der Waals surface area contributed by atoms with E-state index < -0.39 is 5.82 Å². The molecule has 2 N–H and O–H groups in total. The number of halogens is 2. The van der Waals surface area contributed by atoms with Gasteiger partial charge < -0.3 is 10.6 Å². The van der Waals surface area contributed by atoms with Gasteiger partial charge in [0.1, 0.15) is 5.82 Å². The Bertz CT molecular complexity index is 433. The molecule has 0 aliphatic heterocycles. The minimum atomic E-state index is -0.423. The molecule has 2 nitrogen and oxygen atoms in total. The van der Waals surface area contributed by atoms with E-state index in [1.807, 2.05) is 0 Å². The quantitative estimate of drug-likeness (QED) is 0.801. The number of nitrogens with one attached hydrogen (secondary N) is 2. The first kappa shape index (κ1) is 13.6. The van der Waals surface area contributed by atoms with E-state index in [-0.39, 0.29) is 5.02 Å². The van der Waals surface area contributed by atoms with Crippen molar-refractivity contribution in [3.8, 4) is 0 Å². The maximum Gasteiger partial charge on any atom is 0.170 e. The van der Waals surface area contributed by atoms with E-state index in [1.54, 1.807) is 6.07 Å². The summed E-state index contributed by atoms with van der Waals surface area (Å²) in [6, 6.07) is 4.94. The van der Waals surface area contributed by atoms with Gasteiger partial charge in [-0.2, -0.15) is 0 Å².